The summed E-state index contributed by atoms with van der Waals surface area (Å²) in [6.45, 7) is 1.73. The summed E-state index contributed by atoms with van der Waals surface area (Å²) in [5.74, 6) is 1.12. The third-order valence-electron chi connectivity index (χ3n) is 3.79. The monoisotopic (exact) mass is 271 g/mol. The number of hydrogen-bond donors (Lipinski definition) is 0. The van der Waals surface area contributed by atoms with Gasteiger partial charge in [-0.3, -0.25) is 4.68 Å². The number of rotatable bonds is 3. The number of piperidine rings is 1. The van der Waals surface area contributed by atoms with E-state index in [0.29, 0.717) is 0 Å². The molecule has 0 radical (unpaired) electrons. The second-order valence-corrected chi connectivity index (χ2v) is 5.06. The van der Waals surface area contributed by atoms with Gasteiger partial charge in [-0.25, -0.2) is 9.97 Å². The van der Waals surface area contributed by atoms with Crippen LogP contribution in [0.5, 0.6) is 0 Å². The lowest BCUT2D eigenvalue weighted by molar-refractivity contribution is -0.111. The number of aldehydes is 1. The number of hydrogen-bond acceptors (Lipinski definition) is 5. The molecule has 2 aromatic rings. The van der Waals surface area contributed by atoms with Crippen LogP contribution in [0.2, 0.25) is 0 Å². The normalized spacial score (nSPS) is 16.4. The molecule has 104 valence electrons. The molecule has 1 aliphatic rings. The van der Waals surface area contributed by atoms with Crippen molar-refractivity contribution in [2.45, 2.75) is 12.8 Å². The Morgan fingerprint density at radius 3 is 2.75 bits per heavy atom. The molecule has 2 aromatic heterocycles. The molecule has 0 N–H and O–H groups in total. The maximum atomic E-state index is 10.8. The molecule has 0 atom stereocenters. The summed E-state index contributed by atoms with van der Waals surface area (Å²) in [4.78, 5) is 21.7. The van der Waals surface area contributed by atoms with E-state index in [1.54, 1.807) is 17.2 Å². The van der Waals surface area contributed by atoms with Crippen molar-refractivity contribution < 1.29 is 4.79 Å². The lowest BCUT2D eigenvalue weighted by atomic mass is 9.99. The largest absolute Gasteiger partial charge is 0.356 e. The fourth-order valence-corrected chi connectivity index (χ4v) is 2.55. The topological polar surface area (TPSA) is 63.9 Å². The molecule has 3 rings (SSSR count). The van der Waals surface area contributed by atoms with Gasteiger partial charge in [0.1, 0.15) is 18.4 Å². The summed E-state index contributed by atoms with van der Waals surface area (Å²) in [5, 5.41) is 4.16. The quantitative estimate of drug-likeness (QED) is 0.787. The fourth-order valence-electron chi connectivity index (χ4n) is 2.55. The van der Waals surface area contributed by atoms with E-state index in [-0.39, 0.29) is 5.92 Å². The Balaban J connectivity index is 1.82. The lowest BCUT2D eigenvalue weighted by Crippen LogP contribution is -2.34. The molecule has 1 saturated heterocycles. The molecular formula is C14H17N5O. The Hall–Kier alpha value is -2.24. The van der Waals surface area contributed by atoms with Crippen molar-refractivity contribution in [3.05, 3.63) is 24.7 Å². The van der Waals surface area contributed by atoms with E-state index in [1.165, 1.54) is 0 Å². The third-order valence-corrected chi connectivity index (χ3v) is 3.79. The zero-order valence-corrected chi connectivity index (χ0v) is 11.4. The van der Waals surface area contributed by atoms with E-state index in [4.69, 9.17) is 0 Å². The van der Waals surface area contributed by atoms with Crippen LogP contribution >= 0.6 is 0 Å². The van der Waals surface area contributed by atoms with Gasteiger partial charge in [0.2, 0.25) is 0 Å². The minimum absolute atomic E-state index is 0.199. The summed E-state index contributed by atoms with van der Waals surface area (Å²) in [7, 11) is 1.90. The molecule has 20 heavy (non-hydrogen) atoms. The minimum atomic E-state index is 0.199. The van der Waals surface area contributed by atoms with Crippen LogP contribution in [0.15, 0.2) is 24.7 Å². The van der Waals surface area contributed by atoms with Crippen LogP contribution in [-0.2, 0) is 11.8 Å². The van der Waals surface area contributed by atoms with E-state index < -0.39 is 0 Å². The summed E-state index contributed by atoms with van der Waals surface area (Å²) in [6.07, 6.45) is 6.21. The molecular weight excluding hydrogens is 254 g/mol. The average Bonchev–Trinajstić information content (AvgIpc) is 2.94. The first-order valence-electron chi connectivity index (χ1n) is 6.78. The maximum absolute atomic E-state index is 10.8. The highest BCUT2D eigenvalue weighted by Gasteiger charge is 2.20. The van der Waals surface area contributed by atoms with Gasteiger partial charge in [-0.2, -0.15) is 5.10 Å². The van der Waals surface area contributed by atoms with Crippen molar-refractivity contribution in [1.82, 2.24) is 19.7 Å². The zero-order chi connectivity index (χ0) is 13.9. The maximum Gasteiger partial charge on any atom is 0.132 e. The standard InChI is InChI=1S/C14H17N5O/c1-18-13(2-5-17-18)12-8-14(16-10-15-12)19-6-3-11(9-20)4-7-19/h2,5,8-11H,3-4,6-7H2,1H3. The van der Waals surface area contributed by atoms with E-state index in [9.17, 15) is 4.79 Å². The van der Waals surface area contributed by atoms with Crippen molar-refractivity contribution in [2.75, 3.05) is 18.0 Å². The minimum Gasteiger partial charge on any atom is -0.356 e. The Bertz CT molecular complexity index is 601. The first kappa shape index (κ1) is 12.8. The van der Waals surface area contributed by atoms with Crippen LogP contribution < -0.4 is 4.90 Å². The molecule has 0 aliphatic carbocycles. The molecule has 0 aromatic carbocycles. The fraction of sp³-hybridized carbons (Fsp3) is 0.429. The smallest absolute Gasteiger partial charge is 0.132 e. The number of anilines is 1. The van der Waals surface area contributed by atoms with Crippen LogP contribution in [0, 0.1) is 5.92 Å². The number of aromatic nitrogens is 4. The highest BCUT2D eigenvalue weighted by Crippen LogP contribution is 2.23. The number of carbonyl (C=O) groups excluding carboxylic acids is 1. The van der Waals surface area contributed by atoms with Crippen LogP contribution in [0.4, 0.5) is 5.82 Å². The first-order chi connectivity index (χ1) is 9.78. The first-order valence-corrected chi connectivity index (χ1v) is 6.78. The van der Waals surface area contributed by atoms with Gasteiger partial charge in [-0.1, -0.05) is 0 Å². The second-order valence-electron chi connectivity index (χ2n) is 5.06. The van der Waals surface area contributed by atoms with Crippen LogP contribution in [0.25, 0.3) is 11.4 Å². The molecule has 0 saturated carbocycles. The number of carbonyl (C=O) groups is 1. The third kappa shape index (κ3) is 2.41. The molecule has 6 nitrogen and oxygen atoms in total. The lowest BCUT2D eigenvalue weighted by Gasteiger charge is -2.30. The van der Waals surface area contributed by atoms with Gasteiger partial charge in [0.15, 0.2) is 0 Å². The van der Waals surface area contributed by atoms with Gasteiger partial charge in [-0.15, -0.1) is 0 Å². The highest BCUT2D eigenvalue weighted by molar-refractivity contribution is 5.59. The molecule has 1 fully saturated rings. The number of aryl methyl sites for hydroxylation is 1. The van der Waals surface area contributed by atoms with Crippen molar-refractivity contribution in [2.24, 2.45) is 13.0 Å². The van der Waals surface area contributed by atoms with Gasteiger partial charge >= 0.3 is 0 Å². The Morgan fingerprint density at radius 1 is 1.30 bits per heavy atom. The van der Waals surface area contributed by atoms with Crippen molar-refractivity contribution in [3.63, 3.8) is 0 Å². The molecule has 3 heterocycles. The second kappa shape index (κ2) is 5.40. The Morgan fingerprint density at radius 2 is 2.10 bits per heavy atom. The van der Waals surface area contributed by atoms with E-state index in [1.807, 2.05) is 19.2 Å². The van der Waals surface area contributed by atoms with Gasteiger partial charge in [-0.05, 0) is 18.9 Å². The van der Waals surface area contributed by atoms with Gasteiger partial charge in [0.05, 0.1) is 11.4 Å². The SMILES string of the molecule is Cn1nccc1-c1cc(N2CCC(C=O)CC2)ncn1. The van der Waals surface area contributed by atoms with E-state index in [2.05, 4.69) is 20.0 Å². The molecule has 0 unspecified atom stereocenters. The molecule has 6 heteroatoms. The Labute approximate surface area is 117 Å². The molecule has 1 aliphatic heterocycles. The van der Waals surface area contributed by atoms with Gasteiger partial charge in [0.25, 0.3) is 0 Å². The van der Waals surface area contributed by atoms with Crippen LogP contribution in [0.1, 0.15) is 12.8 Å². The highest BCUT2D eigenvalue weighted by atomic mass is 16.1. The van der Waals surface area contributed by atoms with Gasteiger partial charge in [0, 0.05) is 38.3 Å². The summed E-state index contributed by atoms with van der Waals surface area (Å²) in [5.41, 5.74) is 1.84. The predicted molar refractivity (Wildman–Crippen MR) is 75.2 cm³/mol. The molecule has 0 spiro atoms. The average molecular weight is 271 g/mol. The van der Waals surface area contributed by atoms with Crippen molar-refractivity contribution >= 4 is 12.1 Å². The molecule has 0 bridgehead atoms. The zero-order valence-electron chi connectivity index (χ0n) is 11.4. The summed E-state index contributed by atoms with van der Waals surface area (Å²) in [6, 6.07) is 3.92. The van der Waals surface area contributed by atoms with E-state index in [0.717, 1.165) is 49.4 Å². The summed E-state index contributed by atoms with van der Waals surface area (Å²) >= 11 is 0. The van der Waals surface area contributed by atoms with Crippen LogP contribution in [0.3, 0.4) is 0 Å². The van der Waals surface area contributed by atoms with E-state index >= 15 is 0 Å². The molecule has 0 amide bonds. The van der Waals surface area contributed by atoms with Crippen molar-refractivity contribution in [3.8, 4) is 11.4 Å². The van der Waals surface area contributed by atoms with Crippen LogP contribution in [-0.4, -0.2) is 39.1 Å². The summed E-state index contributed by atoms with van der Waals surface area (Å²) < 4.78 is 1.80. The van der Waals surface area contributed by atoms with Crippen molar-refractivity contribution in [1.29, 1.82) is 0 Å². The predicted octanol–water partition coefficient (Wildman–Crippen LogP) is 1.29. The van der Waals surface area contributed by atoms with Gasteiger partial charge < -0.3 is 9.69 Å². The number of nitrogens with zero attached hydrogens (tertiary/aromatic N) is 5. The Kier molecular flexibility index (Phi) is 3.45.